The van der Waals surface area contributed by atoms with Crippen LogP contribution in [0.25, 0.3) is 0 Å². The van der Waals surface area contributed by atoms with E-state index in [1.165, 1.54) is 24.3 Å². The summed E-state index contributed by atoms with van der Waals surface area (Å²) in [6.45, 7) is 2.24. The molecule has 0 radical (unpaired) electrons. The first-order valence-corrected chi connectivity index (χ1v) is 6.26. The minimum absolute atomic E-state index is 0.134. The first-order chi connectivity index (χ1) is 9.04. The Morgan fingerprint density at radius 1 is 1.42 bits per heavy atom. The van der Waals surface area contributed by atoms with E-state index in [4.69, 9.17) is 4.74 Å². The lowest BCUT2D eigenvalue weighted by atomic mass is 10.0. The molecular weight excluding hydrogens is 249 g/mol. The second-order valence-electron chi connectivity index (χ2n) is 4.45. The Morgan fingerprint density at radius 3 is 2.63 bits per heavy atom. The third kappa shape index (κ3) is 5.36. The number of methoxy groups -OCH3 is 1. The average Bonchev–Trinajstić information content (AvgIpc) is 2.39. The van der Waals surface area contributed by atoms with Crippen molar-refractivity contribution in [2.75, 3.05) is 13.7 Å². The number of aliphatic hydroxyl groups is 1. The molecule has 0 bridgehead atoms. The zero-order chi connectivity index (χ0) is 14.3. The van der Waals surface area contributed by atoms with Gasteiger partial charge >= 0.3 is 0 Å². The fraction of sp³-hybridized carbons (Fsp3) is 0.500. The molecule has 0 spiro atoms. The molecule has 0 aliphatic rings. The van der Waals surface area contributed by atoms with Gasteiger partial charge in [0.2, 0.25) is 5.91 Å². The molecule has 0 saturated heterocycles. The molecule has 0 fully saturated rings. The van der Waals surface area contributed by atoms with Gasteiger partial charge < -0.3 is 15.2 Å². The standard InChI is InChI=1S/C14H20FNO3/c1-10(16-13(17)4-3-9-19-2)14(18)11-5-7-12(15)8-6-11/h5-8,10,14,18H,3-4,9H2,1-2H3,(H,16,17). The van der Waals surface area contributed by atoms with E-state index in [-0.39, 0.29) is 11.7 Å². The summed E-state index contributed by atoms with van der Waals surface area (Å²) in [4.78, 5) is 11.6. The van der Waals surface area contributed by atoms with Gasteiger partial charge in [-0.3, -0.25) is 4.79 Å². The summed E-state index contributed by atoms with van der Waals surface area (Å²) in [7, 11) is 1.58. The smallest absolute Gasteiger partial charge is 0.220 e. The summed E-state index contributed by atoms with van der Waals surface area (Å²) < 4.78 is 17.6. The summed E-state index contributed by atoms with van der Waals surface area (Å²) in [5, 5.41) is 12.8. The topological polar surface area (TPSA) is 58.6 Å². The molecule has 0 heterocycles. The first-order valence-electron chi connectivity index (χ1n) is 6.26. The van der Waals surface area contributed by atoms with Crippen LogP contribution in [0.2, 0.25) is 0 Å². The highest BCUT2D eigenvalue weighted by atomic mass is 19.1. The van der Waals surface area contributed by atoms with Crippen LogP contribution in [0, 0.1) is 5.82 Å². The van der Waals surface area contributed by atoms with Gasteiger partial charge in [-0.2, -0.15) is 0 Å². The molecule has 0 aliphatic heterocycles. The fourth-order valence-corrected chi connectivity index (χ4v) is 1.73. The number of hydrogen-bond donors (Lipinski definition) is 2. The van der Waals surface area contributed by atoms with Crippen LogP contribution >= 0.6 is 0 Å². The number of carbonyl (C=O) groups excluding carboxylic acids is 1. The van der Waals surface area contributed by atoms with Gasteiger partial charge in [0.15, 0.2) is 0 Å². The van der Waals surface area contributed by atoms with Gasteiger partial charge in [-0.15, -0.1) is 0 Å². The maximum absolute atomic E-state index is 12.8. The molecule has 2 N–H and O–H groups in total. The van der Waals surface area contributed by atoms with Crippen LogP contribution in [0.1, 0.15) is 31.4 Å². The number of halogens is 1. The molecule has 0 aromatic heterocycles. The second-order valence-corrected chi connectivity index (χ2v) is 4.45. The van der Waals surface area contributed by atoms with Crippen molar-refractivity contribution in [3.05, 3.63) is 35.6 Å². The lowest BCUT2D eigenvalue weighted by molar-refractivity contribution is -0.122. The highest BCUT2D eigenvalue weighted by Crippen LogP contribution is 2.17. The highest BCUT2D eigenvalue weighted by molar-refractivity contribution is 5.76. The van der Waals surface area contributed by atoms with E-state index in [0.717, 1.165) is 0 Å². The largest absolute Gasteiger partial charge is 0.386 e. The zero-order valence-electron chi connectivity index (χ0n) is 11.2. The van der Waals surface area contributed by atoms with Gasteiger partial charge in [0.25, 0.3) is 0 Å². The summed E-state index contributed by atoms with van der Waals surface area (Å²) in [6.07, 6.45) is 0.141. The molecule has 1 rings (SSSR count). The van der Waals surface area contributed by atoms with E-state index in [2.05, 4.69) is 5.32 Å². The van der Waals surface area contributed by atoms with Gasteiger partial charge in [0, 0.05) is 20.1 Å². The lowest BCUT2D eigenvalue weighted by Crippen LogP contribution is -2.37. The molecule has 2 unspecified atom stereocenters. The predicted molar refractivity (Wildman–Crippen MR) is 70.1 cm³/mol. The quantitative estimate of drug-likeness (QED) is 0.742. The molecule has 106 valence electrons. The van der Waals surface area contributed by atoms with Crippen LogP contribution in [0.3, 0.4) is 0 Å². The van der Waals surface area contributed by atoms with Crippen molar-refractivity contribution in [1.29, 1.82) is 0 Å². The summed E-state index contributed by atoms with van der Waals surface area (Å²) in [5.74, 6) is -0.488. The number of hydrogen-bond acceptors (Lipinski definition) is 3. The number of benzene rings is 1. The van der Waals surface area contributed by atoms with Crippen molar-refractivity contribution in [3.8, 4) is 0 Å². The zero-order valence-corrected chi connectivity index (χ0v) is 11.2. The minimum Gasteiger partial charge on any atom is -0.386 e. The van der Waals surface area contributed by atoms with Crippen LogP contribution in [-0.2, 0) is 9.53 Å². The van der Waals surface area contributed by atoms with Gasteiger partial charge in [0.05, 0.1) is 12.1 Å². The third-order valence-corrected chi connectivity index (χ3v) is 2.83. The van der Waals surface area contributed by atoms with Crippen LogP contribution in [-0.4, -0.2) is 30.8 Å². The van der Waals surface area contributed by atoms with Gasteiger partial charge in [0.1, 0.15) is 5.82 Å². The Hall–Kier alpha value is -1.46. The molecule has 1 aromatic carbocycles. The molecule has 0 aliphatic carbocycles. The average molecular weight is 269 g/mol. The number of amides is 1. The van der Waals surface area contributed by atoms with E-state index in [9.17, 15) is 14.3 Å². The van der Waals surface area contributed by atoms with Crippen molar-refractivity contribution in [2.24, 2.45) is 0 Å². The Morgan fingerprint density at radius 2 is 2.05 bits per heavy atom. The van der Waals surface area contributed by atoms with Crippen LogP contribution in [0.5, 0.6) is 0 Å². The van der Waals surface area contributed by atoms with Crippen molar-refractivity contribution < 1.29 is 19.0 Å². The number of aliphatic hydroxyl groups excluding tert-OH is 1. The molecule has 2 atom stereocenters. The van der Waals surface area contributed by atoms with E-state index in [1.807, 2.05) is 0 Å². The molecule has 5 heteroatoms. The summed E-state index contributed by atoms with van der Waals surface area (Å²) in [5.41, 5.74) is 0.575. The Balaban J connectivity index is 2.46. The molecule has 1 aromatic rings. The maximum atomic E-state index is 12.8. The second kappa shape index (κ2) is 7.86. The van der Waals surface area contributed by atoms with Gasteiger partial charge in [-0.25, -0.2) is 4.39 Å². The normalized spacial score (nSPS) is 13.9. The Bertz CT molecular complexity index is 394. The third-order valence-electron chi connectivity index (χ3n) is 2.83. The van der Waals surface area contributed by atoms with Crippen molar-refractivity contribution in [3.63, 3.8) is 0 Å². The summed E-state index contributed by atoms with van der Waals surface area (Å²) in [6, 6.07) is 5.15. The van der Waals surface area contributed by atoms with E-state index in [0.29, 0.717) is 25.0 Å². The van der Waals surface area contributed by atoms with E-state index >= 15 is 0 Å². The monoisotopic (exact) mass is 269 g/mol. The van der Waals surface area contributed by atoms with Crippen LogP contribution in [0.15, 0.2) is 24.3 Å². The van der Waals surface area contributed by atoms with Crippen LogP contribution < -0.4 is 5.32 Å². The minimum atomic E-state index is -0.855. The Labute approximate surface area is 112 Å². The van der Waals surface area contributed by atoms with E-state index < -0.39 is 12.1 Å². The number of ether oxygens (including phenoxy) is 1. The molecule has 4 nitrogen and oxygen atoms in total. The molecule has 1 amide bonds. The summed E-state index contributed by atoms with van der Waals surface area (Å²) >= 11 is 0. The molecule has 0 saturated carbocycles. The lowest BCUT2D eigenvalue weighted by Gasteiger charge is -2.20. The Kier molecular flexibility index (Phi) is 6.45. The highest BCUT2D eigenvalue weighted by Gasteiger charge is 2.18. The molecule has 19 heavy (non-hydrogen) atoms. The number of nitrogens with one attached hydrogen (secondary N) is 1. The van der Waals surface area contributed by atoms with Crippen molar-refractivity contribution in [1.82, 2.24) is 5.32 Å². The first kappa shape index (κ1) is 15.6. The number of carbonyl (C=O) groups is 1. The van der Waals surface area contributed by atoms with Crippen molar-refractivity contribution >= 4 is 5.91 Å². The van der Waals surface area contributed by atoms with Crippen molar-refractivity contribution in [2.45, 2.75) is 31.9 Å². The predicted octanol–water partition coefficient (Wildman–Crippen LogP) is 1.79. The van der Waals surface area contributed by atoms with Crippen LogP contribution in [0.4, 0.5) is 4.39 Å². The number of rotatable bonds is 7. The maximum Gasteiger partial charge on any atom is 0.220 e. The molecular formula is C14H20FNO3. The van der Waals surface area contributed by atoms with Gasteiger partial charge in [-0.05, 0) is 31.0 Å². The SMILES string of the molecule is COCCCC(=O)NC(C)C(O)c1ccc(F)cc1. The van der Waals surface area contributed by atoms with E-state index in [1.54, 1.807) is 14.0 Å². The van der Waals surface area contributed by atoms with Gasteiger partial charge in [-0.1, -0.05) is 12.1 Å². The fourth-order valence-electron chi connectivity index (χ4n) is 1.73.